The lowest BCUT2D eigenvalue weighted by molar-refractivity contribution is 0.250. The van der Waals surface area contributed by atoms with Crippen LogP contribution in [-0.4, -0.2) is 48.2 Å². The molecule has 1 heterocycles. The van der Waals surface area contributed by atoms with Crippen molar-refractivity contribution in [2.75, 3.05) is 31.1 Å². The van der Waals surface area contributed by atoms with Crippen LogP contribution in [0.2, 0.25) is 0 Å². The second kappa shape index (κ2) is 6.96. The van der Waals surface area contributed by atoms with E-state index in [0.29, 0.717) is 5.46 Å². The monoisotopic (exact) mass is 296 g/mol. The van der Waals surface area contributed by atoms with Gasteiger partial charge in [0.25, 0.3) is 0 Å². The summed E-state index contributed by atoms with van der Waals surface area (Å²) in [7, 11) is -1.40. The Morgan fingerprint density at radius 2 is 1.45 bits per heavy atom. The molecule has 0 unspecified atom stereocenters. The molecular weight excluding hydrogens is 275 g/mol. The Bertz CT molecular complexity index is 599. The van der Waals surface area contributed by atoms with Crippen molar-refractivity contribution in [1.82, 2.24) is 4.90 Å². The second-order valence-electron chi connectivity index (χ2n) is 5.67. The largest absolute Gasteiger partial charge is 0.488 e. The van der Waals surface area contributed by atoms with E-state index in [1.165, 1.54) is 5.69 Å². The van der Waals surface area contributed by atoms with E-state index < -0.39 is 7.12 Å². The van der Waals surface area contributed by atoms with Crippen molar-refractivity contribution in [2.24, 2.45) is 0 Å². The Kier molecular flexibility index (Phi) is 4.78. The number of para-hydroxylation sites is 1. The van der Waals surface area contributed by atoms with E-state index in [-0.39, 0.29) is 0 Å². The highest BCUT2D eigenvalue weighted by atomic mass is 16.4. The van der Waals surface area contributed by atoms with Gasteiger partial charge in [-0.3, -0.25) is 4.90 Å². The van der Waals surface area contributed by atoms with Gasteiger partial charge in [-0.2, -0.15) is 0 Å². The molecule has 0 aromatic heterocycles. The zero-order valence-corrected chi connectivity index (χ0v) is 12.6. The molecule has 2 aromatic carbocycles. The summed E-state index contributed by atoms with van der Waals surface area (Å²) in [4.78, 5) is 4.75. The molecule has 1 aliphatic heterocycles. The number of hydrogen-bond acceptors (Lipinski definition) is 4. The summed E-state index contributed by atoms with van der Waals surface area (Å²) in [6, 6.07) is 18.0. The van der Waals surface area contributed by atoms with E-state index >= 15 is 0 Å². The van der Waals surface area contributed by atoms with E-state index in [1.807, 2.05) is 24.3 Å². The first-order valence-corrected chi connectivity index (χ1v) is 7.70. The van der Waals surface area contributed by atoms with Crippen molar-refractivity contribution in [2.45, 2.75) is 6.54 Å². The highest BCUT2D eigenvalue weighted by molar-refractivity contribution is 6.59. The van der Waals surface area contributed by atoms with Crippen molar-refractivity contribution in [3.63, 3.8) is 0 Å². The van der Waals surface area contributed by atoms with Crippen molar-refractivity contribution in [3.05, 3.63) is 60.2 Å². The second-order valence-corrected chi connectivity index (χ2v) is 5.67. The molecule has 2 N–H and O–H groups in total. The lowest BCUT2D eigenvalue weighted by atomic mass is 9.77. The maximum atomic E-state index is 9.45. The number of rotatable bonds is 4. The van der Waals surface area contributed by atoms with Crippen LogP contribution >= 0.6 is 0 Å². The van der Waals surface area contributed by atoms with Gasteiger partial charge in [0.2, 0.25) is 0 Å². The van der Waals surface area contributed by atoms with Gasteiger partial charge in [0.15, 0.2) is 0 Å². The number of hydrogen-bond donors (Lipinski definition) is 2. The molecule has 0 bridgehead atoms. The molecule has 114 valence electrons. The normalized spacial score (nSPS) is 15.8. The van der Waals surface area contributed by atoms with Crippen LogP contribution in [0.15, 0.2) is 54.6 Å². The van der Waals surface area contributed by atoms with Gasteiger partial charge in [0, 0.05) is 38.4 Å². The predicted molar refractivity (Wildman–Crippen MR) is 90.2 cm³/mol. The first-order valence-electron chi connectivity index (χ1n) is 7.70. The van der Waals surface area contributed by atoms with Gasteiger partial charge < -0.3 is 14.9 Å². The molecule has 0 radical (unpaired) electrons. The molecule has 22 heavy (non-hydrogen) atoms. The van der Waals surface area contributed by atoms with E-state index in [1.54, 1.807) is 6.07 Å². The number of anilines is 1. The van der Waals surface area contributed by atoms with Gasteiger partial charge >= 0.3 is 7.12 Å². The Hall–Kier alpha value is -1.82. The number of nitrogens with zero attached hydrogens (tertiary/aromatic N) is 2. The molecule has 1 saturated heterocycles. The lowest BCUT2D eigenvalue weighted by Crippen LogP contribution is -2.47. The third kappa shape index (κ3) is 3.50. The molecule has 3 rings (SSSR count). The Labute approximate surface area is 131 Å². The third-order valence-corrected chi connectivity index (χ3v) is 4.22. The van der Waals surface area contributed by atoms with E-state index in [9.17, 15) is 10.0 Å². The lowest BCUT2D eigenvalue weighted by Gasteiger charge is -2.36. The fourth-order valence-electron chi connectivity index (χ4n) is 2.97. The van der Waals surface area contributed by atoms with Gasteiger partial charge in [-0.1, -0.05) is 42.5 Å². The van der Waals surface area contributed by atoms with Crippen LogP contribution in [0.25, 0.3) is 0 Å². The summed E-state index contributed by atoms with van der Waals surface area (Å²) in [6.45, 7) is 4.70. The first-order chi connectivity index (χ1) is 10.7. The maximum Gasteiger partial charge on any atom is 0.488 e. The smallest absolute Gasteiger partial charge is 0.423 e. The topological polar surface area (TPSA) is 46.9 Å². The maximum absolute atomic E-state index is 9.45. The van der Waals surface area contributed by atoms with Gasteiger partial charge in [-0.25, -0.2) is 0 Å². The van der Waals surface area contributed by atoms with Crippen LogP contribution in [0.1, 0.15) is 5.56 Å². The summed E-state index contributed by atoms with van der Waals surface area (Å²) >= 11 is 0. The van der Waals surface area contributed by atoms with Crippen LogP contribution in [0.4, 0.5) is 5.69 Å². The fourth-order valence-corrected chi connectivity index (χ4v) is 2.97. The highest BCUT2D eigenvalue weighted by Crippen LogP contribution is 2.16. The van der Waals surface area contributed by atoms with Crippen molar-refractivity contribution >= 4 is 18.3 Å². The summed E-state index contributed by atoms with van der Waals surface area (Å²) < 4.78 is 0. The average molecular weight is 296 g/mol. The molecular formula is C17H21BN2O2. The molecule has 5 heteroatoms. The first kappa shape index (κ1) is 15.1. The zero-order valence-electron chi connectivity index (χ0n) is 12.6. The molecule has 0 spiro atoms. The molecule has 2 aromatic rings. The quantitative estimate of drug-likeness (QED) is 0.815. The van der Waals surface area contributed by atoms with Crippen LogP contribution in [0.5, 0.6) is 0 Å². The van der Waals surface area contributed by atoms with Crippen LogP contribution in [0.3, 0.4) is 0 Å². The van der Waals surface area contributed by atoms with E-state index in [2.05, 4.69) is 34.1 Å². The van der Waals surface area contributed by atoms with Crippen molar-refractivity contribution in [3.8, 4) is 0 Å². The number of piperazine rings is 1. The van der Waals surface area contributed by atoms with Crippen LogP contribution < -0.4 is 10.4 Å². The van der Waals surface area contributed by atoms with Gasteiger partial charge in [0.1, 0.15) is 0 Å². The molecule has 0 saturated carbocycles. The molecule has 1 fully saturated rings. The molecule has 0 amide bonds. The number of benzene rings is 2. The minimum absolute atomic E-state index is 0.605. The third-order valence-electron chi connectivity index (χ3n) is 4.22. The zero-order chi connectivity index (χ0) is 15.4. The van der Waals surface area contributed by atoms with Gasteiger partial charge in [-0.15, -0.1) is 0 Å². The average Bonchev–Trinajstić information content (AvgIpc) is 2.57. The molecule has 0 atom stereocenters. The van der Waals surface area contributed by atoms with Gasteiger partial charge in [-0.05, 0) is 23.2 Å². The van der Waals surface area contributed by atoms with Crippen LogP contribution in [0, 0.1) is 0 Å². The summed E-state index contributed by atoms with van der Waals surface area (Å²) in [5.41, 5.74) is 2.87. The summed E-state index contributed by atoms with van der Waals surface area (Å²) in [6.07, 6.45) is 0. The summed E-state index contributed by atoms with van der Waals surface area (Å²) in [5.74, 6) is 0. The van der Waals surface area contributed by atoms with Crippen LogP contribution in [-0.2, 0) is 6.54 Å². The Morgan fingerprint density at radius 1 is 0.818 bits per heavy atom. The predicted octanol–water partition coefficient (Wildman–Crippen LogP) is 0.689. The minimum Gasteiger partial charge on any atom is -0.423 e. The Balaban J connectivity index is 1.61. The molecule has 0 aliphatic carbocycles. The highest BCUT2D eigenvalue weighted by Gasteiger charge is 2.20. The Morgan fingerprint density at radius 3 is 2.14 bits per heavy atom. The molecule has 1 aliphatic rings. The molecule has 4 nitrogen and oxygen atoms in total. The van der Waals surface area contributed by atoms with Crippen molar-refractivity contribution < 1.29 is 10.0 Å². The standard InChI is InChI=1S/C17H21BN2O2/c21-18(22)17-9-5-4-6-15(17)14-19-10-12-20(13-11-19)16-7-2-1-3-8-16/h1-9,21-22H,10-14H2. The van der Waals surface area contributed by atoms with Gasteiger partial charge in [0.05, 0.1) is 0 Å². The minimum atomic E-state index is -1.40. The van der Waals surface area contributed by atoms with E-state index in [0.717, 1.165) is 38.3 Å². The SMILES string of the molecule is OB(O)c1ccccc1CN1CCN(c2ccccc2)CC1. The van der Waals surface area contributed by atoms with E-state index in [4.69, 9.17) is 0 Å². The summed E-state index contributed by atoms with van der Waals surface area (Å²) in [5, 5.41) is 18.9. The fraction of sp³-hybridized carbons (Fsp3) is 0.294. The van der Waals surface area contributed by atoms with Crippen molar-refractivity contribution in [1.29, 1.82) is 0 Å².